The Morgan fingerprint density at radius 2 is 1.71 bits per heavy atom. The molecule has 0 saturated carbocycles. The van der Waals surface area contributed by atoms with Crippen molar-refractivity contribution in [2.45, 2.75) is 19.9 Å². The fraction of sp³-hybridized carbons (Fsp3) is 0.222. The Bertz CT molecular complexity index is 917. The van der Waals surface area contributed by atoms with E-state index in [0.717, 1.165) is 18.2 Å². The molecule has 1 atom stereocenters. The number of halogens is 3. The average Bonchev–Trinajstić information content (AvgIpc) is 2.58. The van der Waals surface area contributed by atoms with Gasteiger partial charge in [-0.2, -0.15) is 0 Å². The Morgan fingerprint density at radius 1 is 1.11 bits per heavy atom. The lowest BCUT2D eigenvalue weighted by Gasteiger charge is -2.22. The van der Waals surface area contributed by atoms with Crippen molar-refractivity contribution in [1.82, 2.24) is 5.32 Å². The maximum absolute atomic E-state index is 13.3. The Labute approximate surface area is 163 Å². The zero-order valence-electron chi connectivity index (χ0n) is 14.8. The fourth-order valence-corrected chi connectivity index (χ4v) is 2.59. The van der Waals surface area contributed by atoms with Crippen LogP contribution in [0.4, 0.5) is 20.2 Å². The van der Waals surface area contributed by atoms with Crippen molar-refractivity contribution in [3.8, 4) is 0 Å². The number of amides is 2. The van der Waals surface area contributed by atoms with Crippen LogP contribution in [0.1, 0.15) is 24.2 Å². The van der Waals surface area contributed by atoms with Crippen molar-refractivity contribution in [3.05, 3.63) is 68.7 Å². The van der Waals surface area contributed by atoms with Gasteiger partial charge in [0.15, 0.2) is 0 Å². The number of hydrogen-bond donors (Lipinski definition) is 2. The van der Waals surface area contributed by atoms with E-state index in [2.05, 4.69) is 10.6 Å². The maximum atomic E-state index is 13.3. The van der Waals surface area contributed by atoms with Crippen LogP contribution in [0.2, 0.25) is 5.02 Å². The lowest BCUT2D eigenvalue weighted by atomic mass is 10.0. The van der Waals surface area contributed by atoms with Gasteiger partial charge in [-0.3, -0.25) is 19.7 Å². The molecule has 0 aliphatic heterocycles. The largest absolute Gasteiger partial charge is 0.340 e. The molecule has 0 aliphatic rings. The molecule has 0 heterocycles. The van der Waals surface area contributed by atoms with E-state index in [1.165, 1.54) is 12.1 Å². The summed E-state index contributed by atoms with van der Waals surface area (Å²) in [4.78, 5) is 35.1. The smallest absolute Gasteiger partial charge is 0.288 e. The topological polar surface area (TPSA) is 101 Å². The van der Waals surface area contributed by atoms with Crippen molar-refractivity contribution >= 4 is 34.8 Å². The molecule has 0 spiro atoms. The van der Waals surface area contributed by atoms with E-state index in [9.17, 15) is 28.5 Å². The van der Waals surface area contributed by atoms with Gasteiger partial charge >= 0.3 is 0 Å². The standard InChI is InChI=1S/C18H16ClF2N3O4/c1-9(2)16(18(26)22-13-7-11(20)6-12(21)8-13)23-17(25)10-3-4-14(19)15(5-10)24(27)28/h3-9,16H,1-2H3,(H,22,26)(H,23,25). The van der Waals surface area contributed by atoms with E-state index in [1.54, 1.807) is 13.8 Å². The Balaban J connectivity index is 2.20. The van der Waals surface area contributed by atoms with E-state index < -0.39 is 40.1 Å². The number of carbonyl (C=O) groups excluding carboxylic acids is 2. The van der Waals surface area contributed by atoms with Gasteiger partial charge in [0.1, 0.15) is 22.7 Å². The molecule has 0 aromatic heterocycles. The number of rotatable bonds is 6. The lowest BCUT2D eigenvalue weighted by molar-refractivity contribution is -0.384. The van der Waals surface area contributed by atoms with Crippen molar-refractivity contribution in [2.24, 2.45) is 5.92 Å². The van der Waals surface area contributed by atoms with Crippen LogP contribution in [0.15, 0.2) is 36.4 Å². The molecule has 0 fully saturated rings. The summed E-state index contributed by atoms with van der Waals surface area (Å²) in [5.41, 5.74) is -0.619. The molecule has 2 aromatic rings. The number of carbonyl (C=O) groups is 2. The summed E-state index contributed by atoms with van der Waals surface area (Å²) in [5, 5.41) is 15.6. The minimum absolute atomic E-state index is 0.0636. The number of nitro groups is 1. The third-order valence-corrected chi connectivity index (χ3v) is 4.09. The van der Waals surface area contributed by atoms with Crippen molar-refractivity contribution in [1.29, 1.82) is 0 Å². The first-order valence-electron chi connectivity index (χ1n) is 8.10. The summed E-state index contributed by atoms with van der Waals surface area (Å²) in [6, 6.07) is 4.94. The first-order chi connectivity index (χ1) is 13.1. The molecule has 10 heteroatoms. The van der Waals surface area contributed by atoms with E-state index in [0.29, 0.717) is 6.07 Å². The van der Waals surface area contributed by atoms with Crippen LogP contribution in [0.25, 0.3) is 0 Å². The summed E-state index contributed by atoms with van der Waals surface area (Å²) in [5.74, 6) is -3.55. The highest BCUT2D eigenvalue weighted by Gasteiger charge is 2.26. The van der Waals surface area contributed by atoms with E-state index in [1.807, 2.05) is 0 Å². The molecule has 2 rings (SSSR count). The molecular formula is C18H16ClF2N3O4. The summed E-state index contributed by atoms with van der Waals surface area (Å²) < 4.78 is 26.6. The van der Waals surface area contributed by atoms with Crippen molar-refractivity contribution < 1.29 is 23.3 Å². The van der Waals surface area contributed by atoms with Gasteiger partial charge in [0.05, 0.1) is 4.92 Å². The molecule has 7 nitrogen and oxygen atoms in total. The van der Waals surface area contributed by atoms with Crippen LogP contribution >= 0.6 is 11.6 Å². The summed E-state index contributed by atoms with van der Waals surface area (Å²) in [6.07, 6.45) is 0. The van der Waals surface area contributed by atoms with E-state index in [4.69, 9.17) is 11.6 Å². The number of nitro benzene ring substituents is 1. The second kappa shape index (κ2) is 8.75. The number of anilines is 1. The van der Waals surface area contributed by atoms with Gasteiger partial charge in [0, 0.05) is 23.4 Å². The molecule has 0 radical (unpaired) electrons. The van der Waals surface area contributed by atoms with Crippen LogP contribution in [-0.4, -0.2) is 22.8 Å². The predicted octanol–water partition coefficient (Wildman–Crippen LogP) is 3.92. The van der Waals surface area contributed by atoms with Crippen molar-refractivity contribution in [3.63, 3.8) is 0 Å². The van der Waals surface area contributed by atoms with Gasteiger partial charge in [-0.1, -0.05) is 25.4 Å². The van der Waals surface area contributed by atoms with Gasteiger partial charge in [-0.05, 0) is 30.2 Å². The minimum atomic E-state index is -1.06. The summed E-state index contributed by atoms with van der Waals surface area (Å²) in [7, 11) is 0. The fourth-order valence-electron chi connectivity index (χ4n) is 2.40. The van der Waals surface area contributed by atoms with Crippen LogP contribution in [-0.2, 0) is 4.79 Å². The normalized spacial score (nSPS) is 11.8. The molecule has 148 valence electrons. The average molecular weight is 412 g/mol. The second-order valence-corrected chi connectivity index (χ2v) is 6.67. The predicted molar refractivity (Wildman–Crippen MR) is 99.2 cm³/mol. The molecular weight excluding hydrogens is 396 g/mol. The summed E-state index contributed by atoms with van der Waals surface area (Å²) >= 11 is 5.72. The molecule has 0 bridgehead atoms. The molecule has 2 N–H and O–H groups in total. The molecule has 2 aromatic carbocycles. The Morgan fingerprint density at radius 3 is 2.25 bits per heavy atom. The third-order valence-electron chi connectivity index (χ3n) is 3.77. The van der Waals surface area contributed by atoms with Gasteiger partial charge in [-0.15, -0.1) is 0 Å². The highest BCUT2D eigenvalue weighted by molar-refractivity contribution is 6.32. The molecule has 2 amide bonds. The molecule has 1 unspecified atom stereocenters. The number of nitrogens with zero attached hydrogens (tertiary/aromatic N) is 1. The van der Waals surface area contributed by atoms with E-state index >= 15 is 0 Å². The zero-order valence-corrected chi connectivity index (χ0v) is 15.6. The number of nitrogens with one attached hydrogen (secondary N) is 2. The van der Waals surface area contributed by atoms with Crippen LogP contribution in [0.3, 0.4) is 0 Å². The quantitative estimate of drug-likeness (QED) is 0.555. The van der Waals surface area contributed by atoms with Gasteiger partial charge < -0.3 is 10.6 Å². The Hall–Kier alpha value is -3.07. The van der Waals surface area contributed by atoms with E-state index in [-0.39, 0.29) is 22.2 Å². The van der Waals surface area contributed by atoms with Gasteiger partial charge in [0.25, 0.3) is 11.6 Å². The molecule has 0 saturated heterocycles. The highest BCUT2D eigenvalue weighted by Crippen LogP contribution is 2.25. The van der Waals surface area contributed by atoms with Gasteiger partial charge in [0.2, 0.25) is 5.91 Å². The number of hydrogen-bond acceptors (Lipinski definition) is 4. The molecule has 0 aliphatic carbocycles. The highest BCUT2D eigenvalue weighted by atomic mass is 35.5. The summed E-state index contributed by atoms with van der Waals surface area (Å²) in [6.45, 7) is 3.31. The lowest BCUT2D eigenvalue weighted by Crippen LogP contribution is -2.47. The van der Waals surface area contributed by atoms with Crippen molar-refractivity contribution in [2.75, 3.05) is 5.32 Å². The zero-order chi connectivity index (χ0) is 21.0. The monoisotopic (exact) mass is 411 g/mol. The first-order valence-corrected chi connectivity index (χ1v) is 8.48. The third kappa shape index (κ3) is 5.23. The van der Waals surface area contributed by atoms with Crippen LogP contribution in [0.5, 0.6) is 0 Å². The van der Waals surface area contributed by atoms with Crippen LogP contribution in [0, 0.1) is 27.7 Å². The SMILES string of the molecule is CC(C)C(NC(=O)c1ccc(Cl)c([N+](=O)[O-])c1)C(=O)Nc1cc(F)cc(F)c1. The maximum Gasteiger partial charge on any atom is 0.288 e. The second-order valence-electron chi connectivity index (χ2n) is 6.27. The van der Waals surface area contributed by atoms with Crippen LogP contribution < -0.4 is 10.6 Å². The Kier molecular flexibility index (Phi) is 6.63. The van der Waals surface area contributed by atoms with Gasteiger partial charge in [-0.25, -0.2) is 8.78 Å². The number of benzene rings is 2. The minimum Gasteiger partial charge on any atom is -0.340 e. The molecule has 28 heavy (non-hydrogen) atoms. The first kappa shape index (κ1) is 21.2.